The summed E-state index contributed by atoms with van der Waals surface area (Å²) < 4.78 is 37.2. The van der Waals surface area contributed by atoms with Crippen LogP contribution in [0, 0.1) is 11.6 Å². The molecule has 0 amide bonds. The summed E-state index contributed by atoms with van der Waals surface area (Å²) in [6.07, 6.45) is 4.91. The fourth-order valence-electron chi connectivity index (χ4n) is 4.57. The van der Waals surface area contributed by atoms with E-state index in [2.05, 4.69) is 20.4 Å². The summed E-state index contributed by atoms with van der Waals surface area (Å²) in [6, 6.07) is 14.2. The molecule has 3 heterocycles. The number of aromatic nitrogens is 3. The molecule has 2 aromatic heterocycles. The Labute approximate surface area is 197 Å². The number of piperidine rings is 1. The van der Waals surface area contributed by atoms with Crippen molar-refractivity contribution in [3.05, 3.63) is 77.6 Å². The molecule has 1 aliphatic rings. The van der Waals surface area contributed by atoms with Crippen molar-refractivity contribution in [2.24, 2.45) is 0 Å². The number of methoxy groups -OCH3 is 1. The van der Waals surface area contributed by atoms with Crippen LogP contribution in [0.3, 0.4) is 0 Å². The summed E-state index contributed by atoms with van der Waals surface area (Å²) >= 11 is 0. The molecular weight excluding hydrogens is 436 g/mol. The number of hydrogen-bond donors (Lipinski definition) is 1. The minimum atomic E-state index is -0.531. The van der Waals surface area contributed by atoms with Crippen LogP contribution in [-0.2, 0) is 13.1 Å². The first-order chi connectivity index (χ1) is 16.6. The molecule has 1 saturated heterocycles. The standard InChI is InChI=1S/C26H27F2N5O/c1-34-24-8-4-3-7-18(24)15-29-25-10-9-20(26-31-30-17-33(25)26)19-13-22(27)21(23(28)14-19)16-32-11-5-2-6-12-32/h3-4,7-10,13-14,17,29H,2,5-6,11-12,15-16H2,1H3. The number of hydrogen-bond acceptors (Lipinski definition) is 5. The predicted molar refractivity (Wildman–Crippen MR) is 128 cm³/mol. The van der Waals surface area contributed by atoms with E-state index in [0.717, 1.165) is 43.1 Å². The van der Waals surface area contributed by atoms with E-state index in [4.69, 9.17) is 4.74 Å². The van der Waals surface area contributed by atoms with E-state index in [1.165, 1.54) is 18.6 Å². The first-order valence-corrected chi connectivity index (χ1v) is 11.5. The van der Waals surface area contributed by atoms with Crippen LogP contribution in [0.1, 0.15) is 30.4 Å². The minimum Gasteiger partial charge on any atom is -0.496 e. The van der Waals surface area contributed by atoms with Crippen molar-refractivity contribution in [1.29, 1.82) is 0 Å². The number of rotatable bonds is 7. The van der Waals surface area contributed by atoms with Gasteiger partial charge in [-0.2, -0.15) is 0 Å². The van der Waals surface area contributed by atoms with Gasteiger partial charge < -0.3 is 10.1 Å². The van der Waals surface area contributed by atoms with Crippen molar-refractivity contribution in [2.45, 2.75) is 32.4 Å². The van der Waals surface area contributed by atoms with Crippen molar-refractivity contribution in [3.8, 4) is 16.9 Å². The first kappa shape index (κ1) is 22.3. The molecule has 5 rings (SSSR count). The molecule has 176 valence electrons. The quantitative estimate of drug-likeness (QED) is 0.404. The molecular formula is C26H27F2N5O. The number of para-hydroxylation sites is 1. The monoisotopic (exact) mass is 463 g/mol. The highest BCUT2D eigenvalue weighted by Gasteiger charge is 2.19. The molecule has 4 aromatic rings. The molecule has 1 N–H and O–H groups in total. The lowest BCUT2D eigenvalue weighted by Gasteiger charge is -2.26. The predicted octanol–water partition coefficient (Wildman–Crippen LogP) is 5.28. The minimum absolute atomic E-state index is 0.123. The second-order valence-corrected chi connectivity index (χ2v) is 8.58. The number of fused-ring (bicyclic) bond motifs is 1. The molecule has 0 unspecified atom stereocenters. The highest BCUT2D eigenvalue weighted by molar-refractivity contribution is 5.79. The van der Waals surface area contributed by atoms with E-state index in [9.17, 15) is 0 Å². The zero-order valence-corrected chi connectivity index (χ0v) is 19.1. The maximum Gasteiger partial charge on any atom is 0.170 e. The zero-order valence-electron chi connectivity index (χ0n) is 19.1. The third-order valence-electron chi connectivity index (χ3n) is 6.39. The van der Waals surface area contributed by atoms with Gasteiger partial charge in [0.2, 0.25) is 0 Å². The van der Waals surface area contributed by atoms with Gasteiger partial charge in [-0.05, 0) is 61.8 Å². The molecule has 0 spiro atoms. The van der Waals surface area contributed by atoms with Gasteiger partial charge in [0.15, 0.2) is 5.65 Å². The summed E-state index contributed by atoms with van der Waals surface area (Å²) in [5, 5.41) is 11.6. The normalized spacial score (nSPS) is 14.4. The molecule has 0 atom stereocenters. The number of nitrogens with one attached hydrogen (secondary N) is 1. The lowest BCUT2D eigenvalue weighted by molar-refractivity contribution is 0.215. The highest BCUT2D eigenvalue weighted by atomic mass is 19.1. The molecule has 6 nitrogen and oxygen atoms in total. The van der Waals surface area contributed by atoms with Gasteiger partial charge in [0.25, 0.3) is 0 Å². The lowest BCUT2D eigenvalue weighted by Crippen LogP contribution is -2.29. The SMILES string of the molecule is COc1ccccc1CNc1ccc(-c2cc(F)c(CN3CCCCC3)c(F)c2)c2nncn12. The van der Waals surface area contributed by atoms with Gasteiger partial charge in [-0.15, -0.1) is 10.2 Å². The van der Waals surface area contributed by atoms with Crippen LogP contribution in [0.25, 0.3) is 16.8 Å². The molecule has 0 aliphatic carbocycles. The fraction of sp³-hybridized carbons (Fsp3) is 0.308. The summed E-state index contributed by atoms with van der Waals surface area (Å²) in [5.41, 5.74) is 2.70. The number of halogens is 2. The summed E-state index contributed by atoms with van der Waals surface area (Å²) in [7, 11) is 1.64. The molecule has 2 aromatic carbocycles. The van der Waals surface area contributed by atoms with Gasteiger partial charge in [-0.3, -0.25) is 9.30 Å². The third kappa shape index (κ3) is 4.46. The summed E-state index contributed by atoms with van der Waals surface area (Å²) in [4.78, 5) is 2.11. The fourth-order valence-corrected chi connectivity index (χ4v) is 4.57. The van der Waals surface area contributed by atoms with Crippen LogP contribution in [0.2, 0.25) is 0 Å². The molecule has 8 heteroatoms. The Morgan fingerprint density at radius 3 is 2.53 bits per heavy atom. The van der Waals surface area contributed by atoms with E-state index in [-0.39, 0.29) is 5.56 Å². The van der Waals surface area contributed by atoms with Gasteiger partial charge in [-0.25, -0.2) is 8.78 Å². The Morgan fingerprint density at radius 2 is 1.76 bits per heavy atom. The van der Waals surface area contributed by atoms with Crippen molar-refractivity contribution < 1.29 is 13.5 Å². The Bertz CT molecular complexity index is 1280. The Kier molecular flexibility index (Phi) is 6.40. The number of likely N-dealkylation sites (tertiary alicyclic amines) is 1. The van der Waals surface area contributed by atoms with Crippen LogP contribution >= 0.6 is 0 Å². The largest absolute Gasteiger partial charge is 0.496 e. The van der Waals surface area contributed by atoms with Crippen LogP contribution in [-0.4, -0.2) is 39.7 Å². The third-order valence-corrected chi connectivity index (χ3v) is 6.39. The van der Waals surface area contributed by atoms with Crippen LogP contribution in [0.15, 0.2) is 54.9 Å². The molecule has 1 fully saturated rings. The number of anilines is 1. The van der Waals surface area contributed by atoms with E-state index in [0.29, 0.717) is 29.9 Å². The van der Waals surface area contributed by atoms with E-state index in [1.54, 1.807) is 17.8 Å². The van der Waals surface area contributed by atoms with Crippen LogP contribution in [0.4, 0.5) is 14.6 Å². The average Bonchev–Trinajstić information content (AvgIpc) is 3.36. The van der Waals surface area contributed by atoms with Gasteiger partial charge in [0.05, 0.1) is 7.11 Å². The zero-order chi connectivity index (χ0) is 23.5. The molecule has 0 radical (unpaired) electrons. The van der Waals surface area contributed by atoms with Crippen molar-refractivity contribution in [2.75, 3.05) is 25.5 Å². The van der Waals surface area contributed by atoms with Crippen LogP contribution < -0.4 is 10.1 Å². The maximum atomic E-state index is 15.0. The van der Waals surface area contributed by atoms with Gasteiger partial charge in [-0.1, -0.05) is 24.6 Å². The first-order valence-electron chi connectivity index (χ1n) is 11.5. The van der Waals surface area contributed by atoms with Gasteiger partial charge >= 0.3 is 0 Å². The summed E-state index contributed by atoms with van der Waals surface area (Å²) in [5.74, 6) is 0.493. The van der Waals surface area contributed by atoms with E-state index < -0.39 is 11.6 Å². The Hall–Kier alpha value is -3.52. The highest BCUT2D eigenvalue weighted by Crippen LogP contribution is 2.30. The van der Waals surface area contributed by atoms with Crippen molar-refractivity contribution in [1.82, 2.24) is 19.5 Å². The molecule has 0 bridgehead atoms. The smallest absolute Gasteiger partial charge is 0.170 e. The number of pyridine rings is 1. The second kappa shape index (κ2) is 9.77. The molecule has 0 saturated carbocycles. The average molecular weight is 464 g/mol. The number of nitrogens with zero attached hydrogens (tertiary/aromatic N) is 4. The molecule has 34 heavy (non-hydrogen) atoms. The van der Waals surface area contributed by atoms with Crippen molar-refractivity contribution >= 4 is 11.5 Å². The topological polar surface area (TPSA) is 54.7 Å². The summed E-state index contributed by atoms with van der Waals surface area (Å²) in [6.45, 7) is 2.59. The number of benzene rings is 2. The van der Waals surface area contributed by atoms with E-state index in [1.807, 2.05) is 36.4 Å². The number of ether oxygens (including phenoxy) is 1. The Morgan fingerprint density at radius 1 is 1.00 bits per heavy atom. The van der Waals surface area contributed by atoms with Gasteiger partial charge in [0, 0.05) is 29.8 Å². The van der Waals surface area contributed by atoms with Gasteiger partial charge in [0.1, 0.15) is 29.5 Å². The second-order valence-electron chi connectivity index (χ2n) is 8.58. The van der Waals surface area contributed by atoms with Crippen molar-refractivity contribution in [3.63, 3.8) is 0 Å². The maximum absolute atomic E-state index is 15.0. The lowest BCUT2D eigenvalue weighted by atomic mass is 10.0. The Balaban J connectivity index is 1.42. The molecule has 1 aliphatic heterocycles. The van der Waals surface area contributed by atoms with E-state index >= 15 is 8.78 Å². The van der Waals surface area contributed by atoms with Crippen LogP contribution in [0.5, 0.6) is 5.75 Å².